The third kappa shape index (κ3) is 1.92. The van der Waals surface area contributed by atoms with Crippen LogP contribution in [0.1, 0.15) is 34.0 Å². The standard InChI is InChI=1S/C12H15NO4S2/c1-7-5-9(8(2)18-7)10(14)6-13-11(15)12(3,4)19(13,16)17/h5H,6H2,1-4H3. The Bertz CT molecular complexity index is 670. The SMILES string of the molecule is Cc1cc(C(=O)CN2C(=O)C(C)(C)S2(=O)=O)c(C)s1. The van der Waals surface area contributed by atoms with Crippen LogP contribution in [0.15, 0.2) is 6.07 Å². The summed E-state index contributed by atoms with van der Waals surface area (Å²) in [4.78, 5) is 25.7. The maximum Gasteiger partial charge on any atom is 0.259 e. The molecule has 2 rings (SSSR count). The molecule has 1 aromatic heterocycles. The second-order valence-corrected chi connectivity index (χ2v) is 8.95. The van der Waals surface area contributed by atoms with Crippen LogP contribution >= 0.6 is 11.3 Å². The van der Waals surface area contributed by atoms with E-state index < -0.39 is 27.2 Å². The molecule has 7 heteroatoms. The number of sulfonamides is 1. The number of carbonyl (C=O) groups excluding carboxylic acids is 2. The zero-order valence-electron chi connectivity index (χ0n) is 11.2. The molecule has 0 unspecified atom stereocenters. The van der Waals surface area contributed by atoms with Crippen LogP contribution in [-0.4, -0.2) is 35.7 Å². The predicted molar refractivity (Wildman–Crippen MR) is 72.8 cm³/mol. The van der Waals surface area contributed by atoms with Crippen LogP contribution in [0.3, 0.4) is 0 Å². The van der Waals surface area contributed by atoms with Gasteiger partial charge in [-0.05, 0) is 33.8 Å². The summed E-state index contributed by atoms with van der Waals surface area (Å²) in [6.07, 6.45) is 0. The molecule has 1 aliphatic heterocycles. The molecule has 1 saturated heterocycles. The van der Waals surface area contributed by atoms with Gasteiger partial charge in [-0.25, -0.2) is 12.7 Å². The number of carbonyl (C=O) groups is 2. The van der Waals surface area contributed by atoms with E-state index in [2.05, 4.69) is 0 Å². The van der Waals surface area contributed by atoms with Crippen molar-refractivity contribution >= 4 is 33.1 Å². The lowest BCUT2D eigenvalue weighted by Crippen LogP contribution is -2.68. The Balaban J connectivity index is 2.23. The van der Waals surface area contributed by atoms with Crippen molar-refractivity contribution in [2.45, 2.75) is 32.4 Å². The first-order valence-electron chi connectivity index (χ1n) is 5.76. The van der Waals surface area contributed by atoms with Crippen LogP contribution < -0.4 is 0 Å². The minimum atomic E-state index is -3.69. The maximum atomic E-state index is 12.1. The summed E-state index contributed by atoms with van der Waals surface area (Å²) < 4.78 is 23.0. The third-order valence-electron chi connectivity index (χ3n) is 3.31. The Morgan fingerprint density at radius 2 is 1.95 bits per heavy atom. The molecule has 0 spiro atoms. The van der Waals surface area contributed by atoms with Crippen molar-refractivity contribution in [3.63, 3.8) is 0 Å². The fourth-order valence-electron chi connectivity index (χ4n) is 2.04. The van der Waals surface area contributed by atoms with Gasteiger partial charge in [0, 0.05) is 15.3 Å². The molecule has 104 valence electrons. The van der Waals surface area contributed by atoms with E-state index in [4.69, 9.17) is 0 Å². The molecular weight excluding hydrogens is 286 g/mol. The van der Waals surface area contributed by atoms with Crippen LogP contribution in [0.25, 0.3) is 0 Å². The van der Waals surface area contributed by atoms with Gasteiger partial charge in [-0.2, -0.15) is 0 Å². The molecular formula is C12H15NO4S2. The Kier molecular flexibility index (Phi) is 3.10. The second-order valence-electron chi connectivity index (χ2n) is 5.08. The first-order chi connectivity index (χ1) is 8.59. The summed E-state index contributed by atoms with van der Waals surface area (Å²) >= 11 is 1.48. The first-order valence-corrected chi connectivity index (χ1v) is 8.01. The van der Waals surface area contributed by atoms with Crippen molar-refractivity contribution in [2.24, 2.45) is 0 Å². The molecule has 0 atom stereocenters. The fraction of sp³-hybridized carbons (Fsp3) is 0.500. The van der Waals surface area contributed by atoms with Gasteiger partial charge in [0.1, 0.15) is 6.54 Å². The molecule has 0 aromatic carbocycles. The molecule has 1 fully saturated rings. The lowest BCUT2D eigenvalue weighted by molar-refractivity contribution is -0.131. The highest BCUT2D eigenvalue weighted by molar-refractivity contribution is 7.94. The van der Waals surface area contributed by atoms with Gasteiger partial charge in [-0.3, -0.25) is 9.59 Å². The lowest BCUT2D eigenvalue weighted by Gasteiger charge is -2.42. The molecule has 1 aliphatic rings. The van der Waals surface area contributed by atoms with Crippen LogP contribution in [0.4, 0.5) is 0 Å². The van der Waals surface area contributed by atoms with Gasteiger partial charge in [0.05, 0.1) is 0 Å². The Labute approximate surface area is 116 Å². The van der Waals surface area contributed by atoms with Gasteiger partial charge in [-0.1, -0.05) is 0 Å². The number of hydrogen-bond acceptors (Lipinski definition) is 5. The molecule has 0 saturated carbocycles. The average molecular weight is 301 g/mol. The highest BCUT2D eigenvalue weighted by Crippen LogP contribution is 2.35. The van der Waals surface area contributed by atoms with E-state index >= 15 is 0 Å². The summed E-state index contributed by atoms with van der Waals surface area (Å²) in [5.41, 5.74) is 0.496. The zero-order chi connectivity index (χ0) is 14.6. The van der Waals surface area contributed by atoms with E-state index in [0.29, 0.717) is 9.87 Å². The Hall–Kier alpha value is -1.21. The van der Waals surface area contributed by atoms with Gasteiger partial charge in [0.15, 0.2) is 10.5 Å². The number of nitrogens with zero attached hydrogens (tertiary/aromatic N) is 1. The lowest BCUT2D eigenvalue weighted by atomic mass is 10.1. The molecule has 0 aliphatic carbocycles. The molecule has 1 amide bonds. The van der Waals surface area contributed by atoms with E-state index in [1.165, 1.54) is 25.2 Å². The highest BCUT2D eigenvalue weighted by Gasteiger charge is 2.60. The van der Waals surface area contributed by atoms with Gasteiger partial charge < -0.3 is 0 Å². The fourth-order valence-corrected chi connectivity index (χ4v) is 4.46. The van der Waals surface area contributed by atoms with Gasteiger partial charge in [0.25, 0.3) is 15.9 Å². The first kappa shape index (κ1) is 14.2. The number of Topliss-reactive ketones (excluding diaryl/α,β-unsaturated/α-hetero) is 1. The van der Waals surface area contributed by atoms with Crippen LogP contribution in [-0.2, 0) is 14.8 Å². The summed E-state index contributed by atoms with van der Waals surface area (Å²) in [5, 5.41) is 0. The summed E-state index contributed by atoms with van der Waals surface area (Å²) in [6.45, 7) is 5.99. The monoisotopic (exact) mass is 301 g/mol. The van der Waals surface area contributed by atoms with Gasteiger partial charge in [0.2, 0.25) is 0 Å². The molecule has 0 radical (unpaired) electrons. The number of amides is 1. The van der Waals surface area contributed by atoms with E-state index in [0.717, 1.165) is 9.75 Å². The minimum absolute atomic E-state index is 0.339. The zero-order valence-corrected chi connectivity index (χ0v) is 12.8. The van der Waals surface area contributed by atoms with Crippen LogP contribution in [0, 0.1) is 13.8 Å². The molecule has 2 heterocycles. The van der Waals surface area contributed by atoms with Gasteiger partial charge >= 0.3 is 0 Å². The average Bonchev–Trinajstić information content (AvgIpc) is 2.63. The molecule has 1 aromatic rings. The summed E-state index contributed by atoms with van der Waals surface area (Å²) in [6, 6.07) is 1.73. The highest BCUT2D eigenvalue weighted by atomic mass is 32.2. The van der Waals surface area contributed by atoms with Crippen LogP contribution in [0.2, 0.25) is 0 Å². The predicted octanol–water partition coefficient (Wildman–Crippen LogP) is 1.50. The third-order valence-corrected chi connectivity index (χ3v) is 6.61. The number of aryl methyl sites for hydroxylation is 2. The number of rotatable bonds is 3. The number of ketones is 1. The van der Waals surface area contributed by atoms with E-state index in [-0.39, 0.29) is 5.78 Å². The Morgan fingerprint density at radius 3 is 2.37 bits per heavy atom. The van der Waals surface area contributed by atoms with Crippen molar-refractivity contribution in [3.05, 3.63) is 21.4 Å². The normalized spacial score (nSPS) is 20.2. The van der Waals surface area contributed by atoms with Crippen molar-refractivity contribution in [2.75, 3.05) is 6.54 Å². The maximum absolute atomic E-state index is 12.1. The van der Waals surface area contributed by atoms with E-state index in [1.807, 2.05) is 6.92 Å². The number of hydrogen-bond donors (Lipinski definition) is 0. The second kappa shape index (κ2) is 4.14. The smallest absolute Gasteiger partial charge is 0.259 e. The summed E-state index contributed by atoms with van der Waals surface area (Å²) in [5.74, 6) is -0.861. The van der Waals surface area contributed by atoms with Crippen molar-refractivity contribution in [1.82, 2.24) is 4.31 Å². The molecule has 0 bridgehead atoms. The summed E-state index contributed by atoms with van der Waals surface area (Å²) in [7, 11) is -3.69. The van der Waals surface area contributed by atoms with E-state index in [1.54, 1.807) is 13.0 Å². The Morgan fingerprint density at radius 1 is 1.37 bits per heavy atom. The largest absolute Gasteiger partial charge is 0.292 e. The van der Waals surface area contributed by atoms with E-state index in [9.17, 15) is 18.0 Å². The van der Waals surface area contributed by atoms with Crippen molar-refractivity contribution in [3.8, 4) is 0 Å². The molecule has 0 N–H and O–H groups in total. The van der Waals surface area contributed by atoms with Gasteiger partial charge in [-0.15, -0.1) is 11.3 Å². The van der Waals surface area contributed by atoms with Crippen LogP contribution in [0.5, 0.6) is 0 Å². The number of thiophene rings is 1. The topological polar surface area (TPSA) is 71.5 Å². The minimum Gasteiger partial charge on any atom is -0.292 e. The molecule has 5 nitrogen and oxygen atoms in total. The van der Waals surface area contributed by atoms with Crippen molar-refractivity contribution < 1.29 is 18.0 Å². The van der Waals surface area contributed by atoms with Crippen molar-refractivity contribution in [1.29, 1.82) is 0 Å². The quantitative estimate of drug-likeness (QED) is 0.793. The molecule has 19 heavy (non-hydrogen) atoms.